The van der Waals surface area contributed by atoms with E-state index in [-0.39, 0.29) is 5.82 Å². The van der Waals surface area contributed by atoms with E-state index in [2.05, 4.69) is 4.90 Å². The lowest BCUT2D eigenvalue weighted by atomic mass is 10.1. The second-order valence-electron chi connectivity index (χ2n) is 5.30. The number of ether oxygens (including phenoxy) is 1. The van der Waals surface area contributed by atoms with Gasteiger partial charge in [-0.25, -0.2) is 4.39 Å². The van der Waals surface area contributed by atoms with E-state index in [9.17, 15) is 4.39 Å². The van der Waals surface area contributed by atoms with Gasteiger partial charge in [-0.05, 0) is 31.2 Å². The van der Waals surface area contributed by atoms with E-state index in [0.29, 0.717) is 18.7 Å². The number of rotatable bonds is 8. The number of benzene rings is 1. The molecule has 0 unspecified atom stereocenters. The standard InChI is InChI=1S/C18H22FNO2/c1-15(12-17-7-5-10-22-17)13-20(9-11-21-2)14-16-6-3-4-8-18(16)19/h3-8,10,12H,9,11,13-14H2,1-2H3/b15-12+. The fourth-order valence-corrected chi connectivity index (χ4v) is 2.32. The molecule has 3 nitrogen and oxygen atoms in total. The molecule has 0 bridgehead atoms. The van der Waals surface area contributed by atoms with Crippen LogP contribution < -0.4 is 0 Å². The highest BCUT2D eigenvalue weighted by atomic mass is 19.1. The summed E-state index contributed by atoms with van der Waals surface area (Å²) in [6.45, 7) is 4.69. The molecule has 4 heteroatoms. The first-order valence-electron chi connectivity index (χ1n) is 7.34. The van der Waals surface area contributed by atoms with Crippen LogP contribution in [0.4, 0.5) is 4.39 Å². The first kappa shape index (κ1) is 16.5. The van der Waals surface area contributed by atoms with Gasteiger partial charge in [0.2, 0.25) is 0 Å². The number of hydrogen-bond donors (Lipinski definition) is 0. The van der Waals surface area contributed by atoms with Crippen LogP contribution in [0, 0.1) is 5.82 Å². The van der Waals surface area contributed by atoms with Crippen molar-refractivity contribution in [3.63, 3.8) is 0 Å². The van der Waals surface area contributed by atoms with Crippen molar-refractivity contribution in [1.29, 1.82) is 0 Å². The zero-order chi connectivity index (χ0) is 15.8. The van der Waals surface area contributed by atoms with Gasteiger partial charge in [0, 0.05) is 32.3 Å². The Hall–Kier alpha value is -1.91. The lowest BCUT2D eigenvalue weighted by molar-refractivity contribution is 0.149. The minimum atomic E-state index is -0.169. The van der Waals surface area contributed by atoms with Crippen LogP contribution in [0.1, 0.15) is 18.2 Å². The van der Waals surface area contributed by atoms with Crippen molar-refractivity contribution in [3.05, 3.63) is 65.4 Å². The summed E-state index contributed by atoms with van der Waals surface area (Å²) < 4.78 is 24.3. The molecule has 0 spiro atoms. The average molecular weight is 303 g/mol. The first-order valence-corrected chi connectivity index (χ1v) is 7.34. The number of furan rings is 1. The van der Waals surface area contributed by atoms with E-state index in [0.717, 1.165) is 24.4 Å². The van der Waals surface area contributed by atoms with Crippen LogP contribution >= 0.6 is 0 Å². The molecule has 1 aromatic carbocycles. The zero-order valence-corrected chi connectivity index (χ0v) is 13.1. The van der Waals surface area contributed by atoms with E-state index >= 15 is 0 Å². The second kappa shape index (κ2) is 8.51. The summed E-state index contributed by atoms with van der Waals surface area (Å²) >= 11 is 0. The summed E-state index contributed by atoms with van der Waals surface area (Å²) in [6, 6.07) is 10.7. The molecule has 0 atom stereocenters. The van der Waals surface area contributed by atoms with Gasteiger partial charge in [0.1, 0.15) is 11.6 Å². The summed E-state index contributed by atoms with van der Waals surface area (Å²) in [4.78, 5) is 2.16. The third-order valence-corrected chi connectivity index (χ3v) is 3.37. The minimum absolute atomic E-state index is 0.169. The molecule has 0 N–H and O–H groups in total. The normalized spacial score (nSPS) is 12.1. The Morgan fingerprint density at radius 1 is 1.27 bits per heavy atom. The first-order chi connectivity index (χ1) is 10.7. The van der Waals surface area contributed by atoms with Gasteiger partial charge in [-0.1, -0.05) is 23.8 Å². The van der Waals surface area contributed by atoms with E-state index in [1.165, 1.54) is 6.07 Å². The van der Waals surface area contributed by atoms with Gasteiger partial charge in [0.15, 0.2) is 0 Å². The molecule has 22 heavy (non-hydrogen) atoms. The van der Waals surface area contributed by atoms with Gasteiger partial charge < -0.3 is 9.15 Å². The molecular weight excluding hydrogens is 281 g/mol. The predicted molar refractivity (Wildman–Crippen MR) is 85.9 cm³/mol. The van der Waals surface area contributed by atoms with Crippen molar-refractivity contribution in [1.82, 2.24) is 4.90 Å². The Balaban J connectivity index is 2.04. The summed E-state index contributed by atoms with van der Waals surface area (Å²) in [7, 11) is 1.67. The number of hydrogen-bond acceptors (Lipinski definition) is 3. The third kappa shape index (κ3) is 5.13. The van der Waals surface area contributed by atoms with Crippen LogP contribution in [0.2, 0.25) is 0 Å². The van der Waals surface area contributed by atoms with E-state index < -0.39 is 0 Å². The number of halogens is 1. The highest BCUT2D eigenvalue weighted by molar-refractivity contribution is 5.46. The van der Waals surface area contributed by atoms with Crippen LogP contribution in [0.3, 0.4) is 0 Å². The molecule has 0 fully saturated rings. The molecule has 0 radical (unpaired) electrons. The van der Waals surface area contributed by atoms with E-state index in [1.807, 2.05) is 37.3 Å². The summed E-state index contributed by atoms with van der Waals surface area (Å²) in [6.07, 6.45) is 3.66. The van der Waals surface area contributed by atoms with Gasteiger partial charge in [-0.2, -0.15) is 0 Å². The highest BCUT2D eigenvalue weighted by Gasteiger charge is 2.10. The SMILES string of the molecule is COCCN(C/C(C)=C/c1ccco1)Cc1ccccc1F. The lowest BCUT2D eigenvalue weighted by Gasteiger charge is -2.22. The maximum absolute atomic E-state index is 13.8. The Morgan fingerprint density at radius 3 is 2.77 bits per heavy atom. The topological polar surface area (TPSA) is 25.6 Å². The maximum atomic E-state index is 13.8. The second-order valence-corrected chi connectivity index (χ2v) is 5.30. The summed E-state index contributed by atoms with van der Waals surface area (Å²) in [5, 5.41) is 0. The van der Waals surface area contributed by atoms with Gasteiger partial charge in [0.05, 0.1) is 12.9 Å². The molecule has 0 amide bonds. The summed E-state index contributed by atoms with van der Waals surface area (Å²) in [5.74, 6) is 0.660. The van der Waals surface area contributed by atoms with Gasteiger partial charge in [-0.15, -0.1) is 0 Å². The highest BCUT2D eigenvalue weighted by Crippen LogP contribution is 2.13. The van der Waals surface area contributed by atoms with E-state index in [4.69, 9.17) is 9.15 Å². The smallest absolute Gasteiger partial charge is 0.127 e. The zero-order valence-electron chi connectivity index (χ0n) is 13.1. The molecule has 2 rings (SSSR count). The molecule has 2 aromatic rings. The van der Waals surface area contributed by atoms with Crippen LogP contribution in [0.15, 0.2) is 52.7 Å². The molecule has 0 aliphatic heterocycles. The molecule has 0 aliphatic carbocycles. The molecule has 0 aliphatic rings. The van der Waals surface area contributed by atoms with Crippen molar-refractivity contribution < 1.29 is 13.5 Å². The van der Waals surface area contributed by atoms with Gasteiger partial charge >= 0.3 is 0 Å². The molecule has 0 saturated carbocycles. The summed E-state index contributed by atoms with van der Waals surface area (Å²) in [5.41, 5.74) is 1.85. The molecule has 118 valence electrons. The van der Waals surface area contributed by atoms with Gasteiger partial charge in [0.25, 0.3) is 0 Å². The maximum Gasteiger partial charge on any atom is 0.127 e. The Labute approximate surface area is 131 Å². The van der Waals surface area contributed by atoms with Crippen molar-refractivity contribution in [3.8, 4) is 0 Å². The third-order valence-electron chi connectivity index (χ3n) is 3.37. The Kier molecular flexibility index (Phi) is 6.37. The van der Waals surface area contributed by atoms with Crippen LogP contribution in [0.25, 0.3) is 6.08 Å². The van der Waals surface area contributed by atoms with E-state index in [1.54, 1.807) is 19.4 Å². The number of methoxy groups -OCH3 is 1. The van der Waals surface area contributed by atoms with Crippen LogP contribution in [-0.4, -0.2) is 31.7 Å². The fraction of sp³-hybridized carbons (Fsp3) is 0.333. The van der Waals surface area contributed by atoms with Crippen molar-refractivity contribution in [2.45, 2.75) is 13.5 Å². The molecule has 1 heterocycles. The Morgan fingerprint density at radius 2 is 2.09 bits per heavy atom. The van der Waals surface area contributed by atoms with Crippen molar-refractivity contribution >= 4 is 6.08 Å². The Bertz CT molecular complexity index is 593. The largest absolute Gasteiger partial charge is 0.465 e. The number of nitrogens with zero attached hydrogens (tertiary/aromatic N) is 1. The van der Waals surface area contributed by atoms with Crippen molar-refractivity contribution in [2.75, 3.05) is 26.8 Å². The van der Waals surface area contributed by atoms with Crippen LogP contribution in [0.5, 0.6) is 0 Å². The quantitative estimate of drug-likeness (QED) is 0.738. The monoisotopic (exact) mass is 303 g/mol. The average Bonchev–Trinajstić information content (AvgIpc) is 2.99. The molecule has 0 saturated heterocycles. The lowest BCUT2D eigenvalue weighted by Crippen LogP contribution is -2.29. The predicted octanol–water partition coefficient (Wildman–Crippen LogP) is 3.97. The minimum Gasteiger partial charge on any atom is -0.465 e. The molecular formula is C18H22FNO2. The molecule has 1 aromatic heterocycles. The van der Waals surface area contributed by atoms with Crippen molar-refractivity contribution in [2.24, 2.45) is 0 Å². The fourth-order valence-electron chi connectivity index (χ4n) is 2.32. The van der Waals surface area contributed by atoms with Crippen LogP contribution in [-0.2, 0) is 11.3 Å². The van der Waals surface area contributed by atoms with Gasteiger partial charge in [-0.3, -0.25) is 4.90 Å².